The molecular weight excluding hydrogens is 234 g/mol. The van der Waals surface area contributed by atoms with Crippen LogP contribution in [0.1, 0.15) is 28.9 Å². The second kappa shape index (κ2) is 5.31. The normalized spacial score (nSPS) is 10.3. The maximum absolute atomic E-state index is 11.0. The average Bonchev–Trinajstić information content (AvgIpc) is 2.84. The molecule has 2 aromatic heterocycles. The van der Waals surface area contributed by atoms with E-state index in [0.717, 1.165) is 12.2 Å². The van der Waals surface area contributed by atoms with Gasteiger partial charge in [-0.25, -0.2) is 14.8 Å². The van der Waals surface area contributed by atoms with Gasteiger partial charge < -0.3 is 14.8 Å². The van der Waals surface area contributed by atoms with Gasteiger partial charge in [-0.05, 0) is 12.1 Å². The van der Waals surface area contributed by atoms with Crippen LogP contribution in [0.5, 0.6) is 0 Å². The number of anilines is 1. The summed E-state index contributed by atoms with van der Waals surface area (Å²) in [6.45, 7) is 2.27. The summed E-state index contributed by atoms with van der Waals surface area (Å²) in [6.07, 6.45) is 3.96. The Morgan fingerprint density at radius 2 is 2.33 bits per heavy atom. The van der Waals surface area contributed by atoms with Crippen molar-refractivity contribution >= 4 is 11.8 Å². The van der Waals surface area contributed by atoms with Crippen LogP contribution in [0.2, 0.25) is 0 Å². The van der Waals surface area contributed by atoms with E-state index < -0.39 is 5.97 Å². The maximum atomic E-state index is 11.0. The van der Waals surface area contributed by atoms with E-state index in [-0.39, 0.29) is 5.56 Å². The molecule has 0 saturated heterocycles. The van der Waals surface area contributed by atoms with Crippen molar-refractivity contribution in [2.45, 2.75) is 19.9 Å². The summed E-state index contributed by atoms with van der Waals surface area (Å²) in [7, 11) is 0. The zero-order chi connectivity index (χ0) is 13.0. The van der Waals surface area contributed by atoms with Gasteiger partial charge in [0.1, 0.15) is 17.1 Å². The monoisotopic (exact) mass is 247 g/mol. The molecule has 2 aromatic rings. The number of aromatic nitrogens is 2. The van der Waals surface area contributed by atoms with E-state index in [4.69, 9.17) is 9.52 Å². The summed E-state index contributed by atoms with van der Waals surface area (Å²) in [4.78, 5) is 19.0. The minimum Gasteiger partial charge on any atom is -0.478 e. The summed E-state index contributed by atoms with van der Waals surface area (Å²) in [6, 6.07) is 3.07. The molecule has 0 aliphatic rings. The first kappa shape index (κ1) is 12.1. The van der Waals surface area contributed by atoms with Crippen LogP contribution in [0.15, 0.2) is 28.9 Å². The molecule has 0 atom stereocenters. The summed E-state index contributed by atoms with van der Waals surface area (Å²) >= 11 is 0. The predicted molar refractivity (Wildman–Crippen MR) is 64.4 cm³/mol. The molecule has 0 saturated carbocycles. The van der Waals surface area contributed by atoms with Crippen molar-refractivity contribution in [1.29, 1.82) is 0 Å². The van der Waals surface area contributed by atoms with Crippen molar-refractivity contribution in [2.75, 3.05) is 5.32 Å². The Kier molecular flexibility index (Phi) is 3.57. The van der Waals surface area contributed by atoms with Crippen LogP contribution >= 0.6 is 0 Å². The molecule has 0 fully saturated rings. The van der Waals surface area contributed by atoms with Gasteiger partial charge in [0.05, 0.1) is 12.7 Å². The molecule has 18 heavy (non-hydrogen) atoms. The Morgan fingerprint density at radius 3 is 3.00 bits per heavy atom. The van der Waals surface area contributed by atoms with E-state index in [9.17, 15) is 4.79 Å². The number of nitrogens with zero attached hydrogens (tertiary/aromatic N) is 2. The number of nitrogens with one attached hydrogen (secondary N) is 1. The number of carboxylic acids is 1. The van der Waals surface area contributed by atoms with Crippen molar-refractivity contribution in [3.05, 3.63) is 41.7 Å². The fraction of sp³-hybridized carbons (Fsp3) is 0.250. The minimum atomic E-state index is -1.02. The number of hydrogen-bond acceptors (Lipinski definition) is 5. The largest absolute Gasteiger partial charge is 0.478 e. The molecule has 0 aromatic carbocycles. The van der Waals surface area contributed by atoms with Crippen molar-refractivity contribution in [3.8, 4) is 0 Å². The van der Waals surface area contributed by atoms with Crippen molar-refractivity contribution in [2.24, 2.45) is 0 Å². The van der Waals surface area contributed by atoms with E-state index in [1.807, 2.05) is 6.92 Å². The van der Waals surface area contributed by atoms with Gasteiger partial charge in [0, 0.05) is 12.6 Å². The van der Waals surface area contributed by atoms with Crippen LogP contribution in [0.25, 0.3) is 0 Å². The number of hydrogen-bond donors (Lipinski definition) is 2. The van der Waals surface area contributed by atoms with Gasteiger partial charge in [-0.2, -0.15) is 0 Å². The maximum Gasteiger partial charge on any atom is 0.339 e. The zero-order valence-electron chi connectivity index (χ0n) is 9.88. The van der Waals surface area contributed by atoms with E-state index in [0.29, 0.717) is 18.3 Å². The molecule has 2 N–H and O–H groups in total. The fourth-order valence-corrected chi connectivity index (χ4v) is 1.47. The Hall–Kier alpha value is -2.37. The molecule has 0 bridgehead atoms. The fourth-order valence-electron chi connectivity index (χ4n) is 1.47. The lowest BCUT2D eigenvalue weighted by molar-refractivity contribution is 0.0697. The van der Waals surface area contributed by atoms with Crippen LogP contribution in [0.4, 0.5) is 5.82 Å². The number of aromatic carboxylic acids is 1. The van der Waals surface area contributed by atoms with Crippen molar-refractivity contribution in [3.63, 3.8) is 0 Å². The third-order valence-electron chi connectivity index (χ3n) is 2.40. The quantitative estimate of drug-likeness (QED) is 0.839. The van der Waals surface area contributed by atoms with Gasteiger partial charge in [0.15, 0.2) is 0 Å². The molecular formula is C12H13N3O3. The first-order valence-corrected chi connectivity index (χ1v) is 5.56. The SMILES string of the molecule is CCc1cnc(CNc2ncccc2C(=O)O)o1. The highest BCUT2D eigenvalue weighted by atomic mass is 16.4. The van der Waals surface area contributed by atoms with Crippen LogP contribution in [0.3, 0.4) is 0 Å². The van der Waals surface area contributed by atoms with E-state index in [1.54, 1.807) is 12.3 Å². The minimum absolute atomic E-state index is 0.125. The lowest BCUT2D eigenvalue weighted by Crippen LogP contribution is -2.08. The van der Waals surface area contributed by atoms with Gasteiger partial charge in [0.2, 0.25) is 5.89 Å². The number of aryl methyl sites for hydroxylation is 1. The second-order valence-electron chi connectivity index (χ2n) is 3.63. The first-order valence-electron chi connectivity index (χ1n) is 5.56. The van der Waals surface area contributed by atoms with Crippen LogP contribution < -0.4 is 5.32 Å². The molecule has 94 valence electrons. The zero-order valence-corrected chi connectivity index (χ0v) is 9.88. The Balaban J connectivity index is 2.08. The van der Waals surface area contributed by atoms with Gasteiger partial charge in [-0.1, -0.05) is 6.92 Å². The second-order valence-corrected chi connectivity index (χ2v) is 3.63. The molecule has 6 heteroatoms. The lowest BCUT2D eigenvalue weighted by atomic mass is 10.2. The summed E-state index contributed by atoms with van der Waals surface area (Å²) in [5.74, 6) is 0.591. The smallest absolute Gasteiger partial charge is 0.339 e. The highest BCUT2D eigenvalue weighted by molar-refractivity contribution is 5.92. The van der Waals surface area contributed by atoms with E-state index >= 15 is 0 Å². The molecule has 0 radical (unpaired) electrons. The van der Waals surface area contributed by atoms with Gasteiger partial charge in [-0.3, -0.25) is 0 Å². The summed E-state index contributed by atoms with van der Waals surface area (Å²) in [5, 5.41) is 11.9. The highest BCUT2D eigenvalue weighted by Crippen LogP contribution is 2.13. The number of pyridine rings is 1. The van der Waals surface area contributed by atoms with E-state index in [2.05, 4.69) is 15.3 Å². The third kappa shape index (κ3) is 2.65. The molecule has 6 nitrogen and oxygen atoms in total. The summed E-state index contributed by atoms with van der Waals surface area (Å²) in [5.41, 5.74) is 0.125. The van der Waals surface area contributed by atoms with Gasteiger partial charge in [-0.15, -0.1) is 0 Å². The number of carboxylic acid groups (broad SMARTS) is 1. The van der Waals surface area contributed by atoms with Crippen LogP contribution in [-0.4, -0.2) is 21.0 Å². The Labute approximate surface area is 104 Å². The van der Waals surface area contributed by atoms with Crippen molar-refractivity contribution < 1.29 is 14.3 Å². The first-order chi connectivity index (χ1) is 8.70. The highest BCUT2D eigenvalue weighted by Gasteiger charge is 2.11. The number of carbonyl (C=O) groups is 1. The third-order valence-corrected chi connectivity index (χ3v) is 2.40. The molecule has 0 spiro atoms. The predicted octanol–water partition coefficient (Wildman–Crippen LogP) is 1.94. The molecule has 0 amide bonds. The van der Waals surface area contributed by atoms with E-state index in [1.165, 1.54) is 12.3 Å². The Bertz CT molecular complexity index is 551. The molecule has 2 heterocycles. The lowest BCUT2D eigenvalue weighted by Gasteiger charge is -2.05. The molecule has 0 aliphatic heterocycles. The topological polar surface area (TPSA) is 88.2 Å². The van der Waals surface area contributed by atoms with Crippen LogP contribution in [-0.2, 0) is 13.0 Å². The molecule has 0 unspecified atom stereocenters. The summed E-state index contributed by atoms with van der Waals surface area (Å²) < 4.78 is 5.41. The average molecular weight is 247 g/mol. The molecule has 2 rings (SSSR count). The van der Waals surface area contributed by atoms with Crippen LogP contribution in [0, 0.1) is 0 Å². The molecule has 0 aliphatic carbocycles. The van der Waals surface area contributed by atoms with Gasteiger partial charge >= 0.3 is 5.97 Å². The van der Waals surface area contributed by atoms with Crippen molar-refractivity contribution in [1.82, 2.24) is 9.97 Å². The Morgan fingerprint density at radius 1 is 1.50 bits per heavy atom. The standard InChI is InChI=1S/C12H13N3O3/c1-2-8-6-14-10(18-8)7-15-11-9(12(16)17)4-3-5-13-11/h3-6H,2,7H2,1H3,(H,13,15)(H,16,17). The van der Waals surface area contributed by atoms with Gasteiger partial charge in [0.25, 0.3) is 0 Å². The number of oxazole rings is 1. The number of rotatable bonds is 5.